The molecule has 0 aromatic heterocycles. The maximum atomic E-state index is 13.8. The molecule has 2 aromatic rings. The molecular formula is C17H20FNO4S. The van der Waals surface area contributed by atoms with Crippen molar-refractivity contribution in [1.29, 1.82) is 0 Å². The molecule has 0 saturated carbocycles. The van der Waals surface area contributed by atoms with Gasteiger partial charge in [0.1, 0.15) is 0 Å². The Morgan fingerprint density at radius 3 is 2.54 bits per heavy atom. The van der Waals surface area contributed by atoms with Crippen LogP contribution >= 0.6 is 0 Å². The van der Waals surface area contributed by atoms with E-state index in [4.69, 9.17) is 4.74 Å². The van der Waals surface area contributed by atoms with E-state index in [0.717, 1.165) is 11.6 Å². The number of hydrogen-bond acceptors (Lipinski definition) is 4. The minimum Gasteiger partial charge on any atom is -0.491 e. The first kappa shape index (κ1) is 18.4. The lowest BCUT2D eigenvalue weighted by Gasteiger charge is -2.13. The van der Waals surface area contributed by atoms with Crippen molar-refractivity contribution in [3.05, 3.63) is 59.9 Å². The summed E-state index contributed by atoms with van der Waals surface area (Å²) in [6.07, 6.45) is -0.559. The van der Waals surface area contributed by atoms with Gasteiger partial charge in [-0.05, 0) is 37.1 Å². The fraction of sp³-hybridized carbons (Fsp3) is 0.294. The summed E-state index contributed by atoms with van der Waals surface area (Å²) < 4.78 is 45.5. The fourth-order valence-electron chi connectivity index (χ4n) is 2.17. The lowest BCUT2D eigenvalue weighted by molar-refractivity contribution is 0.179. The number of ether oxygens (including phenoxy) is 1. The highest BCUT2D eigenvalue weighted by Crippen LogP contribution is 2.21. The van der Waals surface area contributed by atoms with Gasteiger partial charge in [-0.2, -0.15) is 0 Å². The van der Waals surface area contributed by atoms with Crippen LogP contribution in [0.2, 0.25) is 0 Å². The molecule has 0 heterocycles. The number of halogens is 1. The zero-order valence-electron chi connectivity index (χ0n) is 13.3. The van der Waals surface area contributed by atoms with Gasteiger partial charge in [-0.15, -0.1) is 0 Å². The quantitative estimate of drug-likeness (QED) is 0.762. The van der Waals surface area contributed by atoms with E-state index in [0.29, 0.717) is 6.42 Å². The molecule has 0 spiro atoms. The van der Waals surface area contributed by atoms with Crippen molar-refractivity contribution in [2.24, 2.45) is 0 Å². The highest BCUT2D eigenvalue weighted by Gasteiger charge is 2.18. The second kappa shape index (κ2) is 8.23. The maximum Gasteiger partial charge on any atom is 0.240 e. The summed E-state index contributed by atoms with van der Waals surface area (Å²) in [7, 11) is -3.91. The van der Waals surface area contributed by atoms with Crippen molar-refractivity contribution in [3.8, 4) is 5.75 Å². The van der Waals surface area contributed by atoms with E-state index in [-0.39, 0.29) is 23.8 Å². The van der Waals surface area contributed by atoms with Crippen molar-refractivity contribution in [2.45, 2.75) is 24.3 Å². The minimum atomic E-state index is -3.91. The number of aliphatic hydroxyl groups is 1. The van der Waals surface area contributed by atoms with E-state index in [1.807, 2.05) is 30.3 Å². The SMILES string of the molecule is CCOc1ccc(S(=O)(=O)NCC(O)Cc2ccccc2)cc1F. The normalized spacial score (nSPS) is 12.8. The Balaban J connectivity index is 1.99. The van der Waals surface area contributed by atoms with Crippen molar-refractivity contribution in [3.63, 3.8) is 0 Å². The van der Waals surface area contributed by atoms with Crippen molar-refractivity contribution < 1.29 is 22.7 Å². The highest BCUT2D eigenvalue weighted by atomic mass is 32.2. The van der Waals surface area contributed by atoms with Crippen LogP contribution in [0.3, 0.4) is 0 Å². The number of benzene rings is 2. The Morgan fingerprint density at radius 2 is 1.92 bits per heavy atom. The van der Waals surface area contributed by atoms with E-state index in [2.05, 4.69) is 4.72 Å². The van der Waals surface area contributed by atoms with Gasteiger partial charge in [-0.25, -0.2) is 17.5 Å². The molecule has 0 amide bonds. The number of hydrogen-bond donors (Lipinski definition) is 2. The molecule has 1 atom stereocenters. The van der Waals surface area contributed by atoms with Gasteiger partial charge >= 0.3 is 0 Å². The molecule has 0 radical (unpaired) electrons. The summed E-state index contributed by atoms with van der Waals surface area (Å²) in [6.45, 7) is 1.83. The predicted molar refractivity (Wildman–Crippen MR) is 88.9 cm³/mol. The fourth-order valence-corrected chi connectivity index (χ4v) is 3.25. The third-order valence-corrected chi connectivity index (χ3v) is 4.76. The predicted octanol–water partition coefficient (Wildman–Crippen LogP) is 2.11. The molecule has 2 N–H and O–H groups in total. The molecule has 0 saturated heterocycles. The summed E-state index contributed by atoms with van der Waals surface area (Å²) in [6, 6.07) is 12.7. The molecule has 0 fully saturated rings. The molecule has 0 aliphatic carbocycles. The first-order valence-corrected chi connectivity index (χ1v) is 9.04. The zero-order valence-corrected chi connectivity index (χ0v) is 14.1. The van der Waals surface area contributed by atoms with Gasteiger partial charge in [-0.3, -0.25) is 0 Å². The molecule has 7 heteroatoms. The smallest absolute Gasteiger partial charge is 0.240 e. The van der Waals surface area contributed by atoms with Crippen LogP contribution in [0.25, 0.3) is 0 Å². The van der Waals surface area contributed by atoms with Crippen molar-refractivity contribution in [1.82, 2.24) is 4.72 Å². The first-order valence-electron chi connectivity index (χ1n) is 7.56. The summed E-state index contributed by atoms with van der Waals surface area (Å²) in [4.78, 5) is -0.213. The topological polar surface area (TPSA) is 75.6 Å². The van der Waals surface area contributed by atoms with Crippen LogP contribution in [-0.4, -0.2) is 32.8 Å². The molecular weight excluding hydrogens is 333 g/mol. The summed E-state index contributed by atoms with van der Waals surface area (Å²) >= 11 is 0. The summed E-state index contributed by atoms with van der Waals surface area (Å²) in [5.74, 6) is -0.745. The lowest BCUT2D eigenvalue weighted by Crippen LogP contribution is -2.33. The van der Waals surface area contributed by atoms with Crippen LogP contribution in [0.5, 0.6) is 5.75 Å². The largest absolute Gasteiger partial charge is 0.491 e. The van der Waals surface area contributed by atoms with Crippen LogP contribution < -0.4 is 9.46 Å². The Labute approximate surface area is 141 Å². The number of aliphatic hydroxyl groups excluding tert-OH is 1. The average molecular weight is 353 g/mol. The molecule has 0 aliphatic heterocycles. The Hall–Kier alpha value is -1.96. The van der Waals surface area contributed by atoms with Crippen LogP contribution in [0.15, 0.2) is 53.4 Å². The summed E-state index contributed by atoms with van der Waals surface area (Å²) in [5.41, 5.74) is 0.899. The third-order valence-electron chi connectivity index (χ3n) is 3.34. The zero-order chi connectivity index (χ0) is 17.6. The van der Waals surface area contributed by atoms with E-state index >= 15 is 0 Å². The van der Waals surface area contributed by atoms with E-state index in [1.54, 1.807) is 6.92 Å². The second-order valence-electron chi connectivity index (χ2n) is 5.22. The van der Waals surface area contributed by atoms with Crippen LogP contribution in [-0.2, 0) is 16.4 Å². The van der Waals surface area contributed by atoms with E-state index < -0.39 is 21.9 Å². The number of nitrogens with one attached hydrogen (secondary N) is 1. The molecule has 24 heavy (non-hydrogen) atoms. The lowest BCUT2D eigenvalue weighted by atomic mass is 10.1. The maximum absolute atomic E-state index is 13.8. The van der Waals surface area contributed by atoms with Crippen molar-refractivity contribution in [2.75, 3.05) is 13.2 Å². The molecule has 2 aromatic carbocycles. The van der Waals surface area contributed by atoms with Gasteiger partial charge in [0.25, 0.3) is 0 Å². The highest BCUT2D eigenvalue weighted by molar-refractivity contribution is 7.89. The van der Waals surface area contributed by atoms with Gasteiger partial charge in [0, 0.05) is 6.54 Å². The van der Waals surface area contributed by atoms with Crippen molar-refractivity contribution >= 4 is 10.0 Å². The standard InChI is InChI=1S/C17H20FNO4S/c1-2-23-17-9-8-15(11-16(17)18)24(21,22)19-12-14(20)10-13-6-4-3-5-7-13/h3-9,11,14,19-20H,2,10,12H2,1H3. The van der Waals surface area contributed by atoms with Gasteiger partial charge in [0.15, 0.2) is 11.6 Å². The van der Waals surface area contributed by atoms with Crippen LogP contribution in [0, 0.1) is 5.82 Å². The van der Waals surface area contributed by atoms with Gasteiger partial charge < -0.3 is 9.84 Å². The number of sulfonamides is 1. The Kier molecular flexibility index (Phi) is 6.30. The van der Waals surface area contributed by atoms with Crippen LogP contribution in [0.1, 0.15) is 12.5 Å². The molecule has 0 bridgehead atoms. The van der Waals surface area contributed by atoms with Gasteiger partial charge in [0.2, 0.25) is 10.0 Å². The van der Waals surface area contributed by atoms with Crippen LogP contribution in [0.4, 0.5) is 4.39 Å². The molecule has 1 unspecified atom stereocenters. The molecule has 5 nitrogen and oxygen atoms in total. The van der Waals surface area contributed by atoms with E-state index in [9.17, 15) is 17.9 Å². The monoisotopic (exact) mass is 353 g/mol. The molecule has 0 aliphatic rings. The average Bonchev–Trinajstić information content (AvgIpc) is 2.56. The van der Waals surface area contributed by atoms with E-state index in [1.165, 1.54) is 12.1 Å². The molecule has 2 rings (SSSR count). The molecule has 130 valence electrons. The third kappa shape index (κ3) is 5.02. The van der Waals surface area contributed by atoms with Gasteiger partial charge in [-0.1, -0.05) is 30.3 Å². The summed E-state index contributed by atoms with van der Waals surface area (Å²) in [5, 5.41) is 9.96. The Bertz CT molecular complexity index is 765. The number of rotatable bonds is 8. The second-order valence-corrected chi connectivity index (χ2v) is 6.99. The Morgan fingerprint density at radius 1 is 1.21 bits per heavy atom. The van der Waals surface area contributed by atoms with Gasteiger partial charge in [0.05, 0.1) is 17.6 Å². The first-order chi connectivity index (χ1) is 11.4. The minimum absolute atomic E-state index is 0.000521.